The van der Waals surface area contributed by atoms with Crippen molar-refractivity contribution in [2.75, 3.05) is 26.8 Å². The van der Waals surface area contributed by atoms with Crippen LogP contribution in [-0.4, -0.2) is 42.2 Å². The van der Waals surface area contributed by atoms with E-state index in [1.807, 2.05) is 39.0 Å². The first-order valence-corrected chi connectivity index (χ1v) is 14.4. The average molecular weight is 631 g/mol. The van der Waals surface area contributed by atoms with Crippen LogP contribution in [0, 0.1) is 0 Å². The maximum absolute atomic E-state index is 13.9. The highest BCUT2D eigenvalue weighted by Gasteiger charge is 2.34. The molecule has 0 unspecified atom stereocenters. The number of thiazole rings is 1. The quantitative estimate of drug-likeness (QED) is 0.309. The molecule has 1 aromatic heterocycles. The van der Waals surface area contributed by atoms with E-state index in [2.05, 4.69) is 22.5 Å². The van der Waals surface area contributed by atoms with Crippen LogP contribution in [0.25, 0.3) is 6.08 Å². The lowest BCUT2D eigenvalue weighted by Gasteiger charge is -2.29. The zero-order valence-electron chi connectivity index (χ0n) is 22.2. The molecule has 10 heteroatoms. The zero-order valence-corrected chi connectivity index (χ0v) is 25.3. The lowest BCUT2D eigenvalue weighted by molar-refractivity contribution is -0.127. The summed E-state index contributed by atoms with van der Waals surface area (Å²) in [6.45, 7) is 10.8. The molecule has 1 amide bonds. The summed E-state index contributed by atoms with van der Waals surface area (Å²) in [5, 5.41) is 0.573. The molecule has 2 aromatic carbocycles. The predicted molar refractivity (Wildman–Crippen MR) is 160 cm³/mol. The molecule has 1 aliphatic heterocycles. The van der Waals surface area contributed by atoms with Gasteiger partial charge in [-0.25, -0.2) is 4.99 Å². The number of aromatic nitrogens is 1. The second-order valence-electron chi connectivity index (χ2n) is 8.74. The van der Waals surface area contributed by atoms with Crippen molar-refractivity contribution < 1.29 is 14.3 Å². The number of hydrogen-bond acceptors (Lipinski definition) is 6. The molecule has 4 rings (SSSR count). The first kappa shape index (κ1) is 28.9. The molecule has 0 radical (unpaired) electrons. The number of rotatable bonds is 9. The van der Waals surface area contributed by atoms with E-state index in [0.717, 1.165) is 11.1 Å². The summed E-state index contributed by atoms with van der Waals surface area (Å²) >= 11 is 11.0. The summed E-state index contributed by atoms with van der Waals surface area (Å²) in [5.41, 5.74) is 2.36. The Kier molecular flexibility index (Phi) is 9.15. The van der Waals surface area contributed by atoms with Crippen LogP contribution in [0.5, 0.6) is 11.5 Å². The van der Waals surface area contributed by atoms with Crippen LogP contribution in [-0.2, 0) is 4.79 Å². The van der Waals surface area contributed by atoms with Gasteiger partial charge in [-0.05, 0) is 78.2 Å². The third kappa shape index (κ3) is 5.76. The molecule has 1 atom stereocenters. The molecule has 0 bridgehead atoms. The van der Waals surface area contributed by atoms with Crippen molar-refractivity contribution >= 4 is 50.9 Å². The number of methoxy groups -OCH3 is 1. The maximum Gasteiger partial charge on any atom is 0.271 e. The summed E-state index contributed by atoms with van der Waals surface area (Å²) in [5.74, 6) is 0.931. The van der Waals surface area contributed by atoms with Crippen molar-refractivity contribution in [1.29, 1.82) is 0 Å². The number of amides is 1. The molecular weight excluding hydrogens is 602 g/mol. The minimum atomic E-state index is -0.635. The molecule has 0 spiro atoms. The number of allylic oxidation sites excluding steroid dienone is 1. The van der Waals surface area contributed by atoms with Crippen molar-refractivity contribution in [3.63, 3.8) is 0 Å². The number of carbonyl (C=O) groups excluding carboxylic acids is 1. The average Bonchev–Trinajstić information content (AvgIpc) is 3.22. The highest BCUT2D eigenvalue weighted by molar-refractivity contribution is 9.10. The summed E-state index contributed by atoms with van der Waals surface area (Å²) in [4.78, 5) is 34.6. The number of carbonyl (C=O) groups is 1. The first-order chi connectivity index (χ1) is 18.7. The van der Waals surface area contributed by atoms with Crippen LogP contribution in [0.4, 0.5) is 0 Å². The molecule has 39 heavy (non-hydrogen) atoms. The van der Waals surface area contributed by atoms with Gasteiger partial charge in [0, 0.05) is 18.1 Å². The SMILES string of the molecule is C=CCOc1c(Br)cc(/C=c2/sc3n(c2=O)[C@H](c2ccc(Cl)cc2)C(C(=O)N(CC)CC)=C(C)N=3)cc1OC. The Morgan fingerprint density at radius 3 is 2.56 bits per heavy atom. The molecule has 0 saturated heterocycles. The van der Waals surface area contributed by atoms with Gasteiger partial charge in [-0.1, -0.05) is 47.7 Å². The summed E-state index contributed by atoms with van der Waals surface area (Å²) in [6, 6.07) is 10.3. The fourth-order valence-corrected chi connectivity index (χ4v) is 6.24. The minimum absolute atomic E-state index is 0.140. The number of nitrogens with zero attached hydrogens (tertiary/aromatic N) is 3. The van der Waals surface area contributed by atoms with Crippen LogP contribution in [0.3, 0.4) is 0 Å². The van der Waals surface area contributed by atoms with Gasteiger partial charge >= 0.3 is 0 Å². The highest BCUT2D eigenvalue weighted by atomic mass is 79.9. The number of fused-ring (bicyclic) bond motifs is 1. The van der Waals surface area contributed by atoms with E-state index in [0.29, 0.717) is 61.3 Å². The van der Waals surface area contributed by atoms with Gasteiger partial charge in [0.1, 0.15) is 6.61 Å². The van der Waals surface area contributed by atoms with Crippen LogP contribution in [0.1, 0.15) is 37.9 Å². The van der Waals surface area contributed by atoms with Gasteiger partial charge in [-0.2, -0.15) is 0 Å². The number of halogens is 2. The molecule has 0 fully saturated rings. The van der Waals surface area contributed by atoms with Gasteiger partial charge in [-0.15, -0.1) is 0 Å². The fraction of sp³-hybridized carbons (Fsp3) is 0.276. The van der Waals surface area contributed by atoms with Gasteiger partial charge in [-0.3, -0.25) is 14.2 Å². The Morgan fingerprint density at radius 1 is 1.26 bits per heavy atom. The Bertz CT molecular complexity index is 1620. The summed E-state index contributed by atoms with van der Waals surface area (Å²) in [6.07, 6.45) is 3.44. The standard InChI is InChI=1S/C29H29BrClN3O4S/c1-6-13-38-26-21(30)14-18(15-22(26)37-5)16-23-27(35)34-25(19-9-11-20(31)12-10-19)24(17(4)32-29(34)39-23)28(36)33(7-2)8-3/h6,9-12,14-16,25H,1,7-8,13H2,2-5H3/b23-16+/t25-/m1/s1. The molecule has 0 saturated carbocycles. The Labute approximate surface area is 244 Å². The molecule has 0 aliphatic carbocycles. The van der Waals surface area contributed by atoms with Gasteiger partial charge in [0.05, 0.1) is 33.4 Å². The van der Waals surface area contributed by atoms with Crippen LogP contribution < -0.4 is 24.4 Å². The number of benzene rings is 2. The first-order valence-electron chi connectivity index (χ1n) is 12.4. The second kappa shape index (κ2) is 12.4. The Morgan fingerprint density at radius 2 is 1.95 bits per heavy atom. The maximum atomic E-state index is 13.9. The van der Waals surface area contributed by atoms with E-state index in [9.17, 15) is 9.59 Å². The van der Waals surface area contributed by atoms with E-state index in [-0.39, 0.29) is 11.5 Å². The molecule has 3 aromatic rings. The predicted octanol–water partition coefficient (Wildman–Crippen LogP) is 5.09. The van der Waals surface area contributed by atoms with E-state index in [1.165, 1.54) is 11.3 Å². The molecule has 1 aliphatic rings. The topological polar surface area (TPSA) is 73.1 Å². The normalized spacial score (nSPS) is 15.0. The second-order valence-corrected chi connectivity index (χ2v) is 11.0. The smallest absolute Gasteiger partial charge is 0.271 e. The number of hydrogen-bond donors (Lipinski definition) is 0. The van der Waals surface area contributed by atoms with Crippen molar-refractivity contribution in [3.05, 3.63) is 101 Å². The summed E-state index contributed by atoms with van der Waals surface area (Å²) < 4.78 is 14.0. The molecule has 0 N–H and O–H groups in total. The van der Waals surface area contributed by atoms with Crippen LogP contribution in [0.15, 0.2) is 74.6 Å². The highest BCUT2D eigenvalue weighted by Crippen LogP contribution is 2.37. The van der Waals surface area contributed by atoms with Crippen molar-refractivity contribution in [2.24, 2.45) is 4.99 Å². The van der Waals surface area contributed by atoms with Crippen molar-refractivity contribution in [2.45, 2.75) is 26.8 Å². The Hall–Kier alpha value is -3.14. The fourth-order valence-electron chi connectivity index (χ4n) is 4.49. The van der Waals surface area contributed by atoms with Crippen molar-refractivity contribution in [1.82, 2.24) is 9.47 Å². The van der Waals surface area contributed by atoms with Gasteiger partial charge < -0.3 is 14.4 Å². The molecule has 204 valence electrons. The van der Waals surface area contributed by atoms with Crippen LogP contribution in [0.2, 0.25) is 5.02 Å². The zero-order chi connectivity index (χ0) is 28.3. The molecule has 2 heterocycles. The third-order valence-electron chi connectivity index (χ3n) is 6.38. The van der Waals surface area contributed by atoms with Gasteiger partial charge in [0.25, 0.3) is 11.5 Å². The third-order valence-corrected chi connectivity index (χ3v) is 8.21. The minimum Gasteiger partial charge on any atom is -0.493 e. The number of ether oxygens (including phenoxy) is 2. The summed E-state index contributed by atoms with van der Waals surface area (Å²) in [7, 11) is 1.56. The lowest BCUT2D eigenvalue weighted by atomic mass is 9.94. The van der Waals surface area contributed by atoms with Crippen molar-refractivity contribution in [3.8, 4) is 11.5 Å². The van der Waals surface area contributed by atoms with E-state index >= 15 is 0 Å². The van der Waals surface area contributed by atoms with Gasteiger partial charge in [0.2, 0.25) is 0 Å². The van der Waals surface area contributed by atoms with Crippen LogP contribution >= 0.6 is 38.9 Å². The van der Waals surface area contributed by atoms with E-state index in [1.54, 1.807) is 46.9 Å². The Balaban J connectivity index is 1.91. The molecule has 7 nitrogen and oxygen atoms in total. The van der Waals surface area contributed by atoms with E-state index in [4.69, 9.17) is 26.1 Å². The largest absolute Gasteiger partial charge is 0.493 e. The number of likely N-dealkylation sites (N-methyl/N-ethyl adjacent to an activating group) is 1. The lowest BCUT2D eigenvalue weighted by Crippen LogP contribution is -2.43. The van der Waals surface area contributed by atoms with E-state index < -0.39 is 6.04 Å². The van der Waals surface area contributed by atoms with Gasteiger partial charge in [0.15, 0.2) is 16.3 Å². The molecular formula is C29H29BrClN3O4S. The monoisotopic (exact) mass is 629 g/mol.